The highest BCUT2D eigenvalue weighted by molar-refractivity contribution is 5.94. The number of rotatable bonds is 1. The minimum absolute atomic E-state index is 0.0274. The first kappa shape index (κ1) is 15.4. The standard InChI is InChI=1S/C22H22N4/c1-13-14(2)26-21-20(25-13)19(23-12-24-21)16-10-15-8-6-7-9-17(15)18(11-16)22(3,4)5/h6-12H,1-5H3/i12D. The largest absolute Gasteiger partial charge is 0.246 e. The van der Waals surface area contributed by atoms with E-state index < -0.39 is 0 Å². The van der Waals surface area contributed by atoms with E-state index >= 15 is 0 Å². The van der Waals surface area contributed by atoms with E-state index in [9.17, 15) is 0 Å². The van der Waals surface area contributed by atoms with Gasteiger partial charge < -0.3 is 0 Å². The third kappa shape index (κ3) is 2.71. The molecule has 4 rings (SSSR count). The number of aromatic nitrogens is 4. The Hall–Kier alpha value is -2.88. The fraction of sp³-hybridized carbons (Fsp3) is 0.273. The maximum absolute atomic E-state index is 8.04. The SMILES string of the molecule is [2H]c1nc(-c2cc(C(C)(C)C)c3ccccc3c2)c2nc(C)c(C)nc2n1. The Balaban J connectivity index is 2.10. The molecule has 130 valence electrons. The topological polar surface area (TPSA) is 51.6 Å². The van der Waals surface area contributed by atoms with Gasteiger partial charge in [0.1, 0.15) is 18.9 Å². The molecule has 0 aliphatic heterocycles. The molecule has 0 bridgehead atoms. The maximum Gasteiger partial charge on any atom is 0.182 e. The summed E-state index contributed by atoms with van der Waals surface area (Å²) in [5, 5.41) is 2.38. The third-order valence-electron chi connectivity index (χ3n) is 4.77. The molecule has 0 saturated heterocycles. The zero-order valence-electron chi connectivity index (χ0n) is 16.8. The molecule has 0 unspecified atom stereocenters. The van der Waals surface area contributed by atoms with Crippen molar-refractivity contribution in [3.8, 4) is 11.3 Å². The average Bonchev–Trinajstić information content (AvgIpc) is 2.60. The van der Waals surface area contributed by atoms with Crippen molar-refractivity contribution in [3.05, 3.63) is 59.7 Å². The van der Waals surface area contributed by atoms with E-state index in [0.717, 1.165) is 22.3 Å². The van der Waals surface area contributed by atoms with Gasteiger partial charge in [-0.2, -0.15) is 0 Å². The highest BCUT2D eigenvalue weighted by Gasteiger charge is 2.20. The molecule has 0 radical (unpaired) electrons. The number of nitrogens with zero attached hydrogens (tertiary/aromatic N) is 4. The van der Waals surface area contributed by atoms with Crippen LogP contribution in [0.5, 0.6) is 0 Å². The second-order valence-electron chi connectivity index (χ2n) is 7.73. The molecule has 26 heavy (non-hydrogen) atoms. The van der Waals surface area contributed by atoms with Crippen molar-refractivity contribution in [1.29, 1.82) is 0 Å². The second kappa shape index (κ2) is 5.84. The quantitative estimate of drug-likeness (QED) is 0.479. The van der Waals surface area contributed by atoms with E-state index in [1.54, 1.807) is 0 Å². The lowest BCUT2D eigenvalue weighted by molar-refractivity contribution is 0.596. The Morgan fingerprint density at radius 1 is 0.923 bits per heavy atom. The van der Waals surface area contributed by atoms with Gasteiger partial charge in [-0.3, -0.25) is 0 Å². The van der Waals surface area contributed by atoms with Gasteiger partial charge in [-0.1, -0.05) is 45.0 Å². The summed E-state index contributed by atoms with van der Waals surface area (Å²) in [7, 11) is 0. The van der Waals surface area contributed by atoms with Gasteiger partial charge in [0.15, 0.2) is 5.65 Å². The van der Waals surface area contributed by atoms with Crippen molar-refractivity contribution in [2.75, 3.05) is 0 Å². The van der Waals surface area contributed by atoms with Crippen LogP contribution in [0.4, 0.5) is 0 Å². The Bertz CT molecular complexity index is 1190. The molecular formula is C22H22N4. The molecule has 0 fully saturated rings. The number of hydrogen-bond donors (Lipinski definition) is 0. The summed E-state index contributed by atoms with van der Waals surface area (Å²) in [5.74, 6) is 0. The monoisotopic (exact) mass is 343 g/mol. The van der Waals surface area contributed by atoms with Crippen LogP contribution in [0.25, 0.3) is 33.2 Å². The highest BCUT2D eigenvalue weighted by atomic mass is 15.0. The summed E-state index contributed by atoms with van der Waals surface area (Å²) in [6, 6.07) is 12.7. The van der Waals surface area contributed by atoms with Crippen molar-refractivity contribution in [1.82, 2.24) is 19.9 Å². The third-order valence-corrected chi connectivity index (χ3v) is 4.77. The molecule has 0 N–H and O–H groups in total. The van der Waals surface area contributed by atoms with Crippen LogP contribution < -0.4 is 0 Å². The second-order valence-corrected chi connectivity index (χ2v) is 7.73. The molecule has 2 aromatic heterocycles. The first-order valence-corrected chi connectivity index (χ1v) is 8.77. The molecule has 0 spiro atoms. The van der Waals surface area contributed by atoms with Gasteiger partial charge >= 0.3 is 0 Å². The summed E-state index contributed by atoms with van der Waals surface area (Å²) in [4.78, 5) is 17.8. The first-order valence-electron chi connectivity index (χ1n) is 9.27. The first-order chi connectivity index (χ1) is 12.7. The number of aryl methyl sites for hydroxylation is 2. The van der Waals surface area contributed by atoms with Crippen molar-refractivity contribution in [2.45, 2.75) is 40.0 Å². The van der Waals surface area contributed by atoms with Gasteiger partial charge in [-0.05, 0) is 47.7 Å². The van der Waals surface area contributed by atoms with Crippen molar-refractivity contribution in [2.24, 2.45) is 0 Å². The van der Waals surface area contributed by atoms with E-state index in [1.165, 1.54) is 10.9 Å². The van der Waals surface area contributed by atoms with Crippen molar-refractivity contribution in [3.63, 3.8) is 0 Å². The fourth-order valence-corrected chi connectivity index (χ4v) is 3.27. The number of hydrogen-bond acceptors (Lipinski definition) is 4. The molecule has 4 aromatic rings. The van der Waals surface area contributed by atoms with Gasteiger partial charge in [0.25, 0.3) is 0 Å². The molecule has 0 aliphatic rings. The Kier molecular flexibility index (Phi) is 3.45. The Labute approximate surface area is 154 Å². The van der Waals surface area contributed by atoms with Crippen LogP contribution in [0.1, 0.15) is 39.1 Å². The minimum atomic E-state index is -0.0412. The summed E-state index contributed by atoms with van der Waals surface area (Å²) in [6.45, 7) is 10.5. The molecular weight excluding hydrogens is 320 g/mol. The number of fused-ring (bicyclic) bond motifs is 2. The lowest BCUT2D eigenvalue weighted by Gasteiger charge is -2.22. The van der Waals surface area contributed by atoms with Crippen LogP contribution in [0.15, 0.2) is 42.7 Å². The molecule has 4 heteroatoms. The smallest absolute Gasteiger partial charge is 0.182 e. The van der Waals surface area contributed by atoms with Crippen molar-refractivity contribution >= 4 is 21.9 Å². The van der Waals surface area contributed by atoms with E-state index in [2.05, 4.69) is 66.1 Å². The molecule has 4 nitrogen and oxygen atoms in total. The molecule has 2 heterocycles. The summed E-state index contributed by atoms with van der Waals surface area (Å²) < 4.78 is 8.04. The molecule has 0 amide bonds. The van der Waals surface area contributed by atoms with E-state index in [1.807, 2.05) is 19.9 Å². The molecule has 2 aromatic carbocycles. The summed E-state index contributed by atoms with van der Waals surface area (Å²) >= 11 is 0. The van der Waals surface area contributed by atoms with Gasteiger partial charge in [-0.25, -0.2) is 19.9 Å². The van der Waals surface area contributed by atoms with E-state index in [-0.39, 0.29) is 11.7 Å². The number of benzene rings is 2. The Morgan fingerprint density at radius 3 is 2.42 bits per heavy atom. The van der Waals surface area contributed by atoms with Gasteiger partial charge in [0.05, 0.1) is 11.4 Å². The Morgan fingerprint density at radius 2 is 1.65 bits per heavy atom. The molecule has 0 atom stereocenters. The van der Waals surface area contributed by atoms with Crippen LogP contribution in [-0.4, -0.2) is 19.9 Å². The highest BCUT2D eigenvalue weighted by Crippen LogP contribution is 2.35. The normalized spacial score (nSPS) is 12.6. The average molecular weight is 343 g/mol. The lowest BCUT2D eigenvalue weighted by atomic mass is 9.82. The zero-order chi connectivity index (χ0) is 19.3. The molecule has 0 aliphatic carbocycles. The fourth-order valence-electron chi connectivity index (χ4n) is 3.27. The van der Waals surface area contributed by atoms with Crippen LogP contribution in [0.2, 0.25) is 0 Å². The van der Waals surface area contributed by atoms with Crippen LogP contribution >= 0.6 is 0 Å². The van der Waals surface area contributed by atoms with Gasteiger partial charge in [0.2, 0.25) is 0 Å². The van der Waals surface area contributed by atoms with Gasteiger partial charge in [-0.15, -0.1) is 0 Å². The van der Waals surface area contributed by atoms with Crippen LogP contribution in [0, 0.1) is 13.8 Å². The maximum atomic E-state index is 8.04. The summed E-state index contributed by atoms with van der Waals surface area (Å²) in [6.07, 6.45) is -0.0412. The molecule has 0 saturated carbocycles. The summed E-state index contributed by atoms with van der Waals surface area (Å²) in [5.41, 5.74) is 5.60. The minimum Gasteiger partial charge on any atom is -0.246 e. The zero-order valence-corrected chi connectivity index (χ0v) is 15.8. The van der Waals surface area contributed by atoms with E-state index in [0.29, 0.717) is 16.9 Å². The van der Waals surface area contributed by atoms with Gasteiger partial charge in [0, 0.05) is 5.56 Å². The predicted molar refractivity (Wildman–Crippen MR) is 106 cm³/mol. The van der Waals surface area contributed by atoms with Crippen LogP contribution in [-0.2, 0) is 5.41 Å². The van der Waals surface area contributed by atoms with Crippen LogP contribution in [0.3, 0.4) is 0 Å². The predicted octanol–water partition coefficient (Wildman–Crippen LogP) is 5.15. The van der Waals surface area contributed by atoms with E-state index in [4.69, 9.17) is 6.35 Å². The lowest BCUT2D eigenvalue weighted by Crippen LogP contribution is -2.12. The van der Waals surface area contributed by atoms with Crippen molar-refractivity contribution < 1.29 is 1.37 Å².